The van der Waals surface area contributed by atoms with Crippen molar-refractivity contribution >= 4 is 11.9 Å². The molecule has 1 atom stereocenters. The van der Waals surface area contributed by atoms with Crippen molar-refractivity contribution in [2.75, 3.05) is 0 Å². The molecule has 0 amide bonds. The fourth-order valence-electron chi connectivity index (χ4n) is 0.391. The van der Waals surface area contributed by atoms with Crippen LogP contribution in [0.3, 0.4) is 0 Å². The van der Waals surface area contributed by atoms with Gasteiger partial charge in [-0.25, -0.2) is 0 Å². The molecule has 64 valence electrons. The van der Waals surface area contributed by atoms with Gasteiger partial charge in [-0.2, -0.15) is 0 Å². The van der Waals surface area contributed by atoms with Gasteiger partial charge in [-0.3, -0.25) is 0 Å². The van der Waals surface area contributed by atoms with Crippen LogP contribution in [0.4, 0.5) is 0 Å². The van der Waals surface area contributed by atoms with Gasteiger partial charge in [0.2, 0.25) is 0 Å². The predicted molar refractivity (Wildman–Crippen MR) is 27.2 cm³/mol. The van der Waals surface area contributed by atoms with Crippen molar-refractivity contribution in [3.63, 3.8) is 0 Å². The van der Waals surface area contributed by atoms with E-state index in [1.54, 1.807) is 0 Å². The first-order valence-electron chi connectivity index (χ1n) is 2.70. The Balaban J connectivity index is 0. The Labute approximate surface area is 74.0 Å². The number of aliphatic carboxylic acids is 2. The Morgan fingerprint density at radius 3 is 2.09 bits per heavy atom. The number of carbonyl (C=O) groups excluding carboxylic acids is 2. The number of carboxylic acid groups (broad SMARTS) is 2. The molecule has 5 nitrogen and oxygen atoms in total. The summed E-state index contributed by atoms with van der Waals surface area (Å²) in [6.07, 6.45) is -0.500. The van der Waals surface area contributed by atoms with Crippen molar-refractivity contribution in [1.29, 1.82) is 0 Å². The predicted octanol–water partition coefficient (Wildman–Crippen LogP) is -3.41. The summed E-state index contributed by atoms with van der Waals surface area (Å²) in [7, 11) is 0. The van der Waals surface area contributed by atoms with Gasteiger partial charge in [-0.05, 0) is 12.8 Å². The van der Waals surface area contributed by atoms with E-state index in [1.165, 1.54) is 0 Å². The van der Waals surface area contributed by atoms with E-state index in [1.807, 2.05) is 0 Å². The smallest absolute Gasteiger partial charge is 0.550 e. The molecule has 0 rings (SSSR count). The Kier molecular flexibility index (Phi) is 7.29. The Morgan fingerprint density at radius 1 is 1.36 bits per heavy atom. The van der Waals surface area contributed by atoms with Crippen LogP contribution in [0.1, 0.15) is 12.8 Å². The Hall–Kier alpha value is -0.581. The maximum atomic E-state index is 9.86. The number of nitrogens with two attached hydrogens (primary N) is 1. The van der Waals surface area contributed by atoms with Gasteiger partial charge in [0.15, 0.2) is 0 Å². The normalized spacial score (nSPS) is 11.4. The van der Waals surface area contributed by atoms with Gasteiger partial charge >= 0.3 is 17.1 Å². The molecule has 0 aliphatic heterocycles. The van der Waals surface area contributed by atoms with Crippen LogP contribution >= 0.6 is 0 Å². The molecule has 1 unspecified atom stereocenters. The summed E-state index contributed by atoms with van der Waals surface area (Å²) in [6.45, 7) is 0. The van der Waals surface area contributed by atoms with Gasteiger partial charge in [0, 0.05) is 12.0 Å². The van der Waals surface area contributed by atoms with Gasteiger partial charge in [-0.1, -0.05) is 0 Å². The van der Waals surface area contributed by atoms with E-state index >= 15 is 0 Å². The van der Waals surface area contributed by atoms with Crippen LogP contribution in [0.25, 0.3) is 0 Å². The SMILES string of the molecule is NC(CCC(=O)[O-])C(=O)[O-].[Fe+2]. The Morgan fingerprint density at radius 2 is 1.82 bits per heavy atom. The minimum Gasteiger partial charge on any atom is -0.550 e. The molecule has 0 aromatic rings. The van der Waals surface area contributed by atoms with Crippen LogP contribution < -0.4 is 15.9 Å². The second-order valence-corrected chi connectivity index (χ2v) is 1.84. The molecule has 0 saturated carbocycles. The fraction of sp³-hybridized carbons (Fsp3) is 0.600. The zero-order valence-corrected chi connectivity index (χ0v) is 6.66. The second-order valence-electron chi connectivity index (χ2n) is 1.84. The summed E-state index contributed by atoms with van der Waals surface area (Å²) in [5, 5.41) is 19.6. The second kappa shape index (κ2) is 6.15. The van der Waals surface area contributed by atoms with Crippen molar-refractivity contribution < 1.29 is 36.9 Å². The largest absolute Gasteiger partial charge is 2.00 e. The van der Waals surface area contributed by atoms with E-state index in [9.17, 15) is 19.8 Å². The molecule has 0 radical (unpaired) electrons. The minimum atomic E-state index is -1.44. The van der Waals surface area contributed by atoms with Crippen molar-refractivity contribution in [2.45, 2.75) is 18.9 Å². The molecule has 0 bridgehead atoms. The number of carboxylic acids is 2. The summed E-state index contributed by atoms with van der Waals surface area (Å²) in [6, 6.07) is -1.21. The molecule has 0 aromatic carbocycles. The fourth-order valence-corrected chi connectivity index (χ4v) is 0.391. The molecule has 0 aliphatic rings. The zero-order chi connectivity index (χ0) is 8.15. The third kappa shape index (κ3) is 7.31. The molecule has 0 spiro atoms. The summed E-state index contributed by atoms with van der Waals surface area (Å²) in [4.78, 5) is 19.6. The summed E-state index contributed by atoms with van der Waals surface area (Å²) < 4.78 is 0. The molecule has 0 aromatic heterocycles. The van der Waals surface area contributed by atoms with Crippen molar-refractivity contribution in [2.24, 2.45) is 5.73 Å². The van der Waals surface area contributed by atoms with E-state index in [2.05, 4.69) is 0 Å². The minimum absolute atomic E-state index is 0. The van der Waals surface area contributed by atoms with E-state index in [0.29, 0.717) is 0 Å². The molecule has 2 N–H and O–H groups in total. The first-order valence-corrected chi connectivity index (χ1v) is 2.70. The molecule has 0 aliphatic carbocycles. The maximum Gasteiger partial charge on any atom is 2.00 e. The van der Waals surface area contributed by atoms with Crippen LogP contribution in [0.5, 0.6) is 0 Å². The van der Waals surface area contributed by atoms with E-state index in [4.69, 9.17) is 5.73 Å². The molecular formula is C5H7FeNO4. The van der Waals surface area contributed by atoms with Gasteiger partial charge in [0.1, 0.15) is 0 Å². The quantitative estimate of drug-likeness (QED) is 0.477. The van der Waals surface area contributed by atoms with Crippen LogP contribution in [-0.2, 0) is 26.7 Å². The van der Waals surface area contributed by atoms with Crippen molar-refractivity contribution in [1.82, 2.24) is 0 Å². The topological polar surface area (TPSA) is 106 Å². The first-order chi connectivity index (χ1) is 4.54. The van der Waals surface area contributed by atoms with Gasteiger partial charge in [-0.15, -0.1) is 0 Å². The molecule has 11 heavy (non-hydrogen) atoms. The van der Waals surface area contributed by atoms with Gasteiger partial charge < -0.3 is 25.5 Å². The van der Waals surface area contributed by atoms with Crippen LogP contribution in [0.2, 0.25) is 0 Å². The monoisotopic (exact) mass is 201 g/mol. The maximum absolute atomic E-state index is 9.86. The van der Waals surface area contributed by atoms with Gasteiger partial charge in [0.25, 0.3) is 0 Å². The van der Waals surface area contributed by atoms with Crippen molar-refractivity contribution in [3.05, 3.63) is 0 Å². The molecular weight excluding hydrogens is 194 g/mol. The third-order valence-corrected chi connectivity index (χ3v) is 0.962. The third-order valence-electron chi connectivity index (χ3n) is 0.962. The van der Waals surface area contributed by atoms with Crippen molar-refractivity contribution in [3.8, 4) is 0 Å². The van der Waals surface area contributed by atoms with Crippen LogP contribution in [-0.4, -0.2) is 18.0 Å². The zero-order valence-electron chi connectivity index (χ0n) is 5.56. The average Bonchev–Trinajstić information content (AvgIpc) is 1.82. The van der Waals surface area contributed by atoms with Crippen LogP contribution in [0, 0.1) is 0 Å². The average molecular weight is 201 g/mol. The van der Waals surface area contributed by atoms with E-state index < -0.39 is 18.0 Å². The Bertz CT molecular complexity index is 149. The standard InChI is InChI=1S/C5H9NO4.Fe/c6-3(5(9)10)1-2-4(7)8;/h3H,1-2,6H2,(H,7,8)(H,9,10);/q;+2/p-2. The molecule has 0 saturated heterocycles. The summed E-state index contributed by atoms with van der Waals surface area (Å²) in [5.41, 5.74) is 4.91. The number of hydrogen-bond acceptors (Lipinski definition) is 5. The van der Waals surface area contributed by atoms with E-state index in [-0.39, 0.29) is 29.9 Å². The number of rotatable bonds is 4. The summed E-state index contributed by atoms with van der Waals surface area (Å²) in [5.74, 6) is -2.75. The number of carbonyl (C=O) groups is 2. The molecule has 6 heteroatoms. The summed E-state index contributed by atoms with van der Waals surface area (Å²) >= 11 is 0. The number of hydrogen-bond donors (Lipinski definition) is 1. The molecule has 0 heterocycles. The first kappa shape index (κ1) is 13.0. The van der Waals surface area contributed by atoms with Crippen LogP contribution in [0.15, 0.2) is 0 Å². The molecule has 0 fully saturated rings. The van der Waals surface area contributed by atoms with E-state index in [0.717, 1.165) is 0 Å². The van der Waals surface area contributed by atoms with Gasteiger partial charge in [0.05, 0.1) is 5.97 Å².